The molecule has 0 bridgehead atoms. The number of nitriles is 1. The van der Waals surface area contributed by atoms with Crippen LogP contribution in [0.3, 0.4) is 0 Å². The van der Waals surface area contributed by atoms with E-state index in [0.29, 0.717) is 53.5 Å². The first kappa shape index (κ1) is 39.7. The Kier molecular flexibility index (Phi) is 16.3. The summed E-state index contributed by atoms with van der Waals surface area (Å²) < 4.78 is 5.68. The summed E-state index contributed by atoms with van der Waals surface area (Å²) in [4.78, 5) is 28.5. The van der Waals surface area contributed by atoms with Crippen molar-refractivity contribution in [3.05, 3.63) is 51.1 Å². The lowest BCUT2D eigenvalue weighted by Crippen LogP contribution is -2.38. The van der Waals surface area contributed by atoms with E-state index in [2.05, 4.69) is 58.7 Å². The van der Waals surface area contributed by atoms with Gasteiger partial charge in [-0.2, -0.15) is 5.26 Å². The van der Waals surface area contributed by atoms with Gasteiger partial charge in [0.25, 0.3) is 0 Å². The minimum atomic E-state index is -0.426. The Morgan fingerprint density at radius 3 is 2.65 bits per heavy atom. The maximum atomic E-state index is 13.6. The van der Waals surface area contributed by atoms with Gasteiger partial charge in [0, 0.05) is 36.8 Å². The third kappa shape index (κ3) is 11.7. The highest BCUT2D eigenvalue weighted by Crippen LogP contribution is 2.42. The molecule has 1 aliphatic heterocycles. The lowest BCUT2D eigenvalue weighted by molar-refractivity contribution is -0.122. The van der Waals surface area contributed by atoms with Gasteiger partial charge >= 0.3 is 0 Å². The molecule has 13 heteroatoms. The molecule has 2 heterocycles. The van der Waals surface area contributed by atoms with Crippen LogP contribution in [0.4, 0.5) is 5.00 Å². The second-order valence-corrected chi connectivity index (χ2v) is 14.4. The molecule has 1 aromatic rings. The molecule has 2 unspecified atom stereocenters. The van der Waals surface area contributed by atoms with Crippen LogP contribution in [0.25, 0.3) is 0 Å². The van der Waals surface area contributed by atoms with Crippen molar-refractivity contribution in [2.24, 2.45) is 27.5 Å². The standard InChI is InChI=1S/C36H58N10O2S/c1-7-26(4)34(43-36(47)28-12-10-13-31-33(28)29(22-37)35(39)49-31)30(41-6)14-15-42-24-45-18-11-17-44(19-20-45)16-8-9-21-48-32(38)23-46(40)27(5)25(2)3/h14-15,23,25,27-28H,6-13,16-21,24,38-40H2,1-5H3,(H,43,47)/b30-14-,32-23+,34-26+,42-15-. The fraction of sp³-hybridized carbons (Fsp3) is 0.611. The van der Waals surface area contributed by atoms with Crippen LogP contribution in [-0.4, -0.2) is 85.7 Å². The van der Waals surface area contributed by atoms with E-state index in [-0.39, 0.29) is 11.9 Å². The van der Waals surface area contributed by atoms with Gasteiger partial charge in [-0.3, -0.25) is 19.7 Å². The Hall–Kier alpha value is -3.70. The molecule has 1 fully saturated rings. The van der Waals surface area contributed by atoms with Crippen molar-refractivity contribution in [3.63, 3.8) is 0 Å². The topological polar surface area (TPSA) is 175 Å². The number of rotatable bonds is 17. The molecule has 49 heavy (non-hydrogen) atoms. The Balaban J connectivity index is 1.49. The minimum absolute atomic E-state index is 0.151. The summed E-state index contributed by atoms with van der Waals surface area (Å²) >= 11 is 1.42. The zero-order valence-electron chi connectivity index (χ0n) is 30.2. The highest BCUT2D eigenvalue weighted by molar-refractivity contribution is 7.16. The maximum absolute atomic E-state index is 13.6. The quantitative estimate of drug-likeness (QED) is 0.0445. The maximum Gasteiger partial charge on any atom is 0.232 e. The van der Waals surface area contributed by atoms with Gasteiger partial charge < -0.3 is 31.4 Å². The van der Waals surface area contributed by atoms with Gasteiger partial charge in [-0.25, -0.2) is 5.84 Å². The average molecular weight is 695 g/mol. The van der Waals surface area contributed by atoms with E-state index in [0.717, 1.165) is 87.3 Å². The second-order valence-electron chi connectivity index (χ2n) is 13.2. The number of nitrogen functional groups attached to an aromatic ring is 1. The average Bonchev–Trinajstić information content (AvgIpc) is 3.25. The van der Waals surface area contributed by atoms with Crippen LogP contribution in [0.2, 0.25) is 0 Å². The van der Waals surface area contributed by atoms with Crippen molar-refractivity contribution >= 4 is 35.2 Å². The molecule has 12 nitrogen and oxygen atoms in total. The van der Waals surface area contributed by atoms with E-state index in [4.69, 9.17) is 22.0 Å². The Labute approximate surface area is 297 Å². The molecule has 0 spiro atoms. The van der Waals surface area contributed by atoms with Crippen molar-refractivity contribution in [2.45, 2.75) is 91.5 Å². The first-order chi connectivity index (χ1) is 23.5. The van der Waals surface area contributed by atoms with E-state index in [1.807, 2.05) is 19.9 Å². The number of carbonyl (C=O) groups excluding carboxylic acids is 1. The van der Waals surface area contributed by atoms with Crippen LogP contribution in [-0.2, 0) is 16.0 Å². The van der Waals surface area contributed by atoms with Gasteiger partial charge in [-0.1, -0.05) is 20.8 Å². The van der Waals surface area contributed by atoms with Gasteiger partial charge in [0.05, 0.1) is 42.4 Å². The summed E-state index contributed by atoms with van der Waals surface area (Å²) in [6, 6.07) is 2.40. The van der Waals surface area contributed by atoms with Gasteiger partial charge in [-0.05, 0) is 102 Å². The van der Waals surface area contributed by atoms with Crippen LogP contribution >= 0.6 is 11.3 Å². The highest BCUT2D eigenvalue weighted by atomic mass is 32.1. The predicted molar refractivity (Wildman–Crippen MR) is 202 cm³/mol. The van der Waals surface area contributed by atoms with E-state index in [1.165, 1.54) is 11.3 Å². The molecular weight excluding hydrogens is 637 g/mol. The number of anilines is 1. The first-order valence-electron chi connectivity index (χ1n) is 17.6. The molecule has 1 aromatic heterocycles. The number of aryl methyl sites for hydroxylation is 1. The van der Waals surface area contributed by atoms with Crippen LogP contribution in [0.5, 0.6) is 0 Å². The molecule has 0 saturated carbocycles. The summed E-state index contributed by atoms with van der Waals surface area (Å²) in [5.74, 6) is 6.25. The summed E-state index contributed by atoms with van der Waals surface area (Å²) in [6.07, 6.45) is 11.4. The number of hydrazine groups is 1. The van der Waals surface area contributed by atoms with Gasteiger partial charge in [0.1, 0.15) is 11.1 Å². The molecule has 0 aromatic carbocycles. The van der Waals surface area contributed by atoms with Crippen molar-refractivity contribution in [1.29, 1.82) is 5.26 Å². The molecule has 1 saturated heterocycles. The monoisotopic (exact) mass is 694 g/mol. The number of ether oxygens (including phenoxy) is 1. The number of amides is 1. The zero-order chi connectivity index (χ0) is 35.9. The number of fused-ring (bicyclic) bond motifs is 1. The first-order valence-corrected chi connectivity index (χ1v) is 18.4. The summed E-state index contributed by atoms with van der Waals surface area (Å²) in [5.41, 5.74) is 15.5. The van der Waals surface area contributed by atoms with Crippen LogP contribution < -0.4 is 22.6 Å². The molecule has 2 atom stereocenters. The number of hydrogen-bond donors (Lipinski definition) is 4. The number of nitrogens with two attached hydrogens (primary N) is 3. The van der Waals surface area contributed by atoms with Gasteiger partial charge in [-0.15, -0.1) is 11.3 Å². The number of carbonyl (C=O) groups is 1. The number of allylic oxidation sites excluding steroid dienone is 2. The Morgan fingerprint density at radius 2 is 1.96 bits per heavy atom. The van der Waals surface area contributed by atoms with Gasteiger partial charge in [0.2, 0.25) is 11.8 Å². The van der Waals surface area contributed by atoms with Crippen molar-refractivity contribution in [2.75, 3.05) is 51.7 Å². The number of nitrogens with zero attached hydrogens (tertiary/aromatic N) is 6. The fourth-order valence-electron chi connectivity index (χ4n) is 5.99. The number of nitrogens with one attached hydrogen (secondary N) is 1. The van der Waals surface area contributed by atoms with Crippen molar-refractivity contribution in [3.8, 4) is 6.07 Å². The van der Waals surface area contributed by atoms with Gasteiger partial charge in [0.15, 0.2) is 0 Å². The molecular formula is C36H58N10O2S. The minimum Gasteiger partial charge on any atom is -0.478 e. The lowest BCUT2D eigenvalue weighted by atomic mass is 9.84. The summed E-state index contributed by atoms with van der Waals surface area (Å²) in [6.45, 7) is 20.2. The van der Waals surface area contributed by atoms with Crippen LogP contribution in [0.15, 0.2) is 45.1 Å². The second kappa shape index (κ2) is 20.1. The molecule has 1 aliphatic carbocycles. The molecule has 2 aliphatic rings. The SMILES string of the molecule is C=NC(=C\C=N/CN1CCCN(CCCCO/C(N)=C/N(N)C(C)C(C)C)CC1)/C(NC(=O)C1CCCc2sc(N)c(C#N)c21)=C(/C)CC. The zero-order valence-corrected chi connectivity index (χ0v) is 31.0. The van der Waals surface area contributed by atoms with E-state index in [9.17, 15) is 10.1 Å². The molecule has 270 valence electrons. The van der Waals surface area contributed by atoms with E-state index >= 15 is 0 Å². The number of aliphatic imine (C=N–C) groups is 2. The molecule has 7 N–H and O–H groups in total. The Morgan fingerprint density at radius 1 is 1.22 bits per heavy atom. The van der Waals surface area contributed by atoms with E-state index < -0.39 is 5.92 Å². The summed E-state index contributed by atoms with van der Waals surface area (Å²) in [7, 11) is 0. The predicted octanol–water partition coefficient (Wildman–Crippen LogP) is 4.82. The third-order valence-electron chi connectivity index (χ3n) is 9.50. The number of unbranched alkanes of at least 4 members (excludes halogenated alkanes) is 1. The molecule has 1 amide bonds. The normalized spacial score (nSPS) is 19.2. The van der Waals surface area contributed by atoms with Crippen LogP contribution in [0.1, 0.15) is 95.1 Å². The smallest absolute Gasteiger partial charge is 0.232 e. The summed E-state index contributed by atoms with van der Waals surface area (Å²) in [5, 5.41) is 15.0. The highest BCUT2D eigenvalue weighted by Gasteiger charge is 2.33. The fourth-order valence-corrected chi connectivity index (χ4v) is 7.12. The van der Waals surface area contributed by atoms with E-state index in [1.54, 1.807) is 17.4 Å². The Bertz CT molecular complexity index is 1420. The molecule has 3 rings (SSSR count). The lowest BCUT2D eigenvalue weighted by Gasteiger charge is -2.26. The third-order valence-corrected chi connectivity index (χ3v) is 10.6. The number of thiophene rings is 1. The largest absolute Gasteiger partial charge is 0.478 e. The van der Waals surface area contributed by atoms with Crippen LogP contribution in [0, 0.1) is 17.2 Å². The van der Waals surface area contributed by atoms with Crippen molar-refractivity contribution < 1.29 is 9.53 Å². The number of hydrogen-bond acceptors (Lipinski definition) is 12. The van der Waals surface area contributed by atoms with Crippen molar-refractivity contribution in [1.82, 2.24) is 20.1 Å². The molecule has 0 radical (unpaired) electrons.